The molecule has 29 heavy (non-hydrogen) atoms. The van der Waals surface area contributed by atoms with Crippen LogP contribution in [0, 0.1) is 6.92 Å². The van der Waals surface area contributed by atoms with Crippen LogP contribution in [0.2, 0.25) is 0 Å². The zero-order chi connectivity index (χ0) is 20.6. The molecule has 0 bridgehead atoms. The predicted molar refractivity (Wildman–Crippen MR) is 112 cm³/mol. The van der Waals surface area contributed by atoms with Gasteiger partial charge in [-0.05, 0) is 37.5 Å². The molecule has 1 fully saturated rings. The number of carbonyl (C=O) groups excluding carboxylic acids is 3. The number of aryl methyl sites for hydroxylation is 1. The third kappa shape index (κ3) is 5.91. The molecule has 1 aliphatic rings. The van der Waals surface area contributed by atoms with Gasteiger partial charge in [0, 0.05) is 12.6 Å². The van der Waals surface area contributed by atoms with Gasteiger partial charge in [-0.3, -0.25) is 14.4 Å². The second-order valence-corrected chi connectivity index (χ2v) is 7.48. The van der Waals surface area contributed by atoms with Gasteiger partial charge in [-0.25, -0.2) is 0 Å². The Bertz CT molecular complexity index is 888. The van der Waals surface area contributed by atoms with E-state index in [0.717, 1.165) is 36.8 Å². The average molecular weight is 393 g/mol. The van der Waals surface area contributed by atoms with Gasteiger partial charge in [0.05, 0.1) is 11.3 Å². The van der Waals surface area contributed by atoms with Crippen LogP contribution in [0.1, 0.15) is 53.6 Å². The Hall–Kier alpha value is -3.15. The summed E-state index contributed by atoms with van der Waals surface area (Å²) in [4.78, 5) is 37.2. The van der Waals surface area contributed by atoms with E-state index in [1.54, 1.807) is 24.3 Å². The van der Waals surface area contributed by atoms with E-state index in [1.165, 1.54) is 6.42 Å². The number of carbonyl (C=O) groups is 3. The molecule has 0 unspecified atom stereocenters. The molecular weight excluding hydrogens is 366 g/mol. The van der Waals surface area contributed by atoms with Crippen LogP contribution in [0.5, 0.6) is 0 Å². The zero-order valence-electron chi connectivity index (χ0n) is 16.7. The van der Waals surface area contributed by atoms with E-state index < -0.39 is 11.8 Å². The van der Waals surface area contributed by atoms with Crippen LogP contribution in [0.3, 0.4) is 0 Å². The molecule has 0 atom stereocenters. The minimum absolute atomic E-state index is 0.0508. The number of benzene rings is 2. The van der Waals surface area contributed by atoms with Crippen LogP contribution in [0.25, 0.3) is 0 Å². The number of rotatable bonds is 5. The summed E-state index contributed by atoms with van der Waals surface area (Å²) in [6, 6.07) is 14.6. The Balaban J connectivity index is 1.60. The summed E-state index contributed by atoms with van der Waals surface area (Å²) >= 11 is 0. The molecule has 0 spiro atoms. The van der Waals surface area contributed by atoms with Crippen LogP contribution >= 0.6 is 0 Å². The predicted octanol–water partition coefficient (Wildman–Crippen LogP) is 3.31. The van der Waals surface area contributed by atoms with Crippen molar-refractivity contribution in [3.63, 3.8) is 0 Å². The number of hydrogen-bond donors (Lipinski definition) is 3. The van der Waals surface area contributed by atoms with Gasteiger partial charge < -0.3 is 16.0 Å². The summed E-state index contributed by atoms with van der Waals surface area (Å²) in [6.45, 7) is 2.37. The molecule has 0 heterocycles. The standard InChI is InChI=1S/C23H27N3O3/c1-16-8-7-9-17(14-16)15-24-21(27)19-12-5-6-13-20(19)26-23(29)22(28)25-18-10-3-2-4-11-18/h5-9,12-14,18H,2-4,10-11,15H2,1H3,(H,24,27)(H,25,28)(H,26,29). The van der Waals surface area contributed by atoms with Crippen molar-refractivity contribution in [1.29, 1.82) is 0 Å². The first-order chi connectivity index (χ1) is 14.0. The van der Waals surface area contributed by atoms with Crippen LogP contribution in [-0.2, 0) is 16.1 Å². The molecule has 2 aromatic rings. The van der Waals surface area contributed by atoms with Crippen molar-refractivity contribution >= 4 is 23.4 Å². The van der Waals surface area contributed by atoms with Crippen molar-refractivity contribution in [3.05, 3.63) is 65.2 Å². The minimum Gasteiger partial charge on any atom is -0.348 e. The lowest BCUT2D eigenvalue weighted by molar-refractivity contribution is -0.136. The van der Waals surface area contributed by atoms with E-state index in [1.807, 2.05) is 31.2 Å². The molecule has 0 saturated heterocycles. The van der Waals surface area contributed by atoms with Crippen molar-refractivity contribution in [2.24, 2.45) is 0 Å². The van der Waals surface area contributed by atoms with Gasteiger partial charge in [-0.1, -0.05) is 61.2 Å². The third-order valence-corrected chi connectivity index (χ3v) is 5.10. The maximum absolute atomic E-state index is 12.6. The number of para-hydroxylation sites is 1. The van der Waals surface area contributed by atoms with Crippen molar-refractivity contribution in [2.75, 3.05) is 5.32 Å². The third-order valence-electron chi connectivity index (χ3n) is 5.10. The van der Waals surface area contributed by atoms with E-state index in [4.69, 9.17) is 0 Å². The number of amides is 3. The second kappa shape index (κ2) is 9.87. The van der Waals surface area contributed by atoms with Gasteiger partial charge in [-0.15, -0.1) is 0 Å². The second-order valence-electron chi connectivity index (χ2n) is 7.48. The highest BCUT2D eigenvalue weighted by Crippen LogP contribution is 2.18. The van der Waals surface area contributed by atoms with Crippen molar-refractivity contribution < 1.29 is 14.4 Å². The van der Waals surface area contributed by atoms with Gasteiger partial charge in [0.1, 0.15) is 0 Å². The first-order valence-electron chi connectivity index (χ1n) is 10.1. The van der Waals surface area contributed by atoms with Crippen LogP contribution in [0.4, 0.5) is 5.69 Å². The molecule has 3 amide bonds. The van der Waals surface area contributed by atoms with Gasteiger partial charge in [0.25, 0.3) is 5.91 Å². The van der Waals surface area contributed by atoms with E-state index >= 15 is 0 Å². The Morgan fingerprint density at radius 1 is 0.931 bits per heavy atom. The van der Waals surface area contributed by atoms with E-state index in [2.05, 4.69) is 16.0 Å². The SMILES string of the molecule is Cc1cccc(CNC(=O)c2ccccc2NC(=O)C(=O)NC2CCCCC2)c1. The number of nitrogens with one attached hydrogen (secondary N) is 3. The summed E-state index contributed by atoms with van der Waals surface area (Å²) in [6.07, 6.45) is 5.10. The zero-order valence-corrected chi connectivity index (χ0v) is 16.7. The lowest BCUT2D eigenvalue weighted by atomic mass is 9.95. The molecule has 0 radical (unpaired) electrons. The van der Waals surface area contributed by atoms with Crippen LogP contribution in [-0.4, -0.2) is 23.8 Å². The fourth-order valence-corrected chi connectivity index (χ4v) is 3.57. The summed E-state index contributed by atoms with van der Waals surface area (Å²) in [7, 11) is 0. The quantitative estimate of drug-likeness (QED) is 0.681. The van der Waals surface area contributed by atoms with E-state index in [9.17, 15) is 14.4 Å². The monoisotopic (exact) mass is 393 g/mol. The largest absolute Gasteiger partial charge is 0.348 e. The highest BCUT2D eigenvalue weighted by Gasteiger charge is 2.22. The Morgan fingerprint density at radius 2 is 1.69 bits per heavy atom. The Kier molecular flexibility index (Phi) is 7.00. The molecule has 1 saturated carbocycles. The van der Waals surface area contributed by atoms with Gasteiger partial charge in [-0.2, -0.15) is 0 Å². The fourth-order valence-electron chi connectivity index (χ4n) is 3.57. The summed E-state index contributed by atoms with van der Waals surface area (Å²) in [5.41, 5.74) is 2.75. The maximum Gasteiger partial charge on any atom is 0.313 e. The highest BCUT2D eigenvalue weighted by atomic mass is 16.2. The first-order valence-corrected chi connectivity index (χ1v) is 10.1. The van der Waals surface area contributed by atoms with Crippen molar-refractivity contribution in [3.8, 4) is 0 Å². The molecule has 3 rings (SSSR count). The first kappa shape index (κ1) is 20.6. The normalized spacial score (nSPS) is 14.1. The fraction of sp³-hybridized carbons (Fsp3) is 0.348. The Labute approximate surface area is 171 Å². The lowest BCUT2D eigenvalue weighted by Gasteiger charge is -2.22. The Morgan fingerprint density at radius 3 is 2.45 bits per heavy atom. The summed E-state index contributed by atoms with van der Waals surface area (Å²) < 4.78 is 0. The molecule has 3 N–H and O–H groups in total. The summed E-state index contributed by atoms with van der Waals surface area (Å²) in [5, 5.41) is 8.22. The van der Waals surface area contributed by atoms with Crippen LogP contribution in [0.15, 0.2) is 48.5 Å². The maximum atomic E-state index is 12.6. The lowest BCUT2D eigenvalue weighted by Crippen LogP contribution is -2.42. The topological polar surface area (TPSA) is 87.3 Å². The van der Waals surface area contributed by atoms with Crippen LogP contribution < -0.4 is 16.0 Å². The van der Waals surface area contributed by atoms with E-state index in [0.29, 0.717) is 17.8 Å². The molecule has 2 aromatic carbocycles. The molecule has 152 valence electrons. The highest BCUT2D eigenvalue weighted by molar-refractivity contribution is 6.40. The van der Waals surface area contributed by atoms with Gasteiger partial charge in [0.15, 0.2) is 0 Å². The molecule has 0 aliphatic heterocycles. The van der Waals surface area contributed by atoms with E-state index in [-0.39, 0.29) is 11.9 Å². The molecule has 6 nitrogen and oxygen atoms in total. The van der Waals surface area contributed by atoms with Crippen molar-refractivity contribution in [2.45, 2.75) is 51.6 Å². The number of hydrogen-bond acceptors (Lipinski definition) is 3. The molecule has 0 aromatic heterocycles. The van der Waals surface area contributed by atoms with Gasteiger partial charge >= 0.3 is 11.8 Å². The smallest absolute Gasteiger partial charge is 0.313 e. The van der Waals surface area contributed by atoms with Gasteiger partial charge in [0.2, 0.25) is 0 Å². The summed E-state index contributed by atoms with van der Waals surface area (Å²) in [5.74, 6) is -1.73. The molecular formula is C23H27N3O3. The van der Waals surface area contributed by atoms with Crippen molar-refractivity contribution in [1.82, 2.24) is 10.6 Å². The molecule has 1 aliphatic carbocycles. The minimum atomic E-state index is -0.755. The molecule has 6 heteroatoms. The average Bonchev–Trinajstić information content (AvgIpc) is 2.73. The number of anilines is 1.